The SMILES string of the molecule is C=CC(=O)N[C@H](C)c1cc(-c2nc(-c3ccc4c(C)n(C)nc4c3)c3ccsc3c2-c2c(F)cc(F)cc2OC[C@@H]2CC(O)N(C)C2)n[nH]1. The summed E-state index contributed by atoms with van der Waals surface area (Å²) in [6, 6.07) is 11.3. The molecule has 0 aliphatic carbocycles. The molecular formula is C36H35F2N7O3S. The molecule has 1 amide bonds. The summed E-state index contributed by atoms with van der Waals surface area (Å²) in [6.45, 7) is 8.07. The van der Waals surface area contributed by atoms with E-state index in [9.17, 15) is 14.3 Å². The van der Waals surface area contributed by atoms with Crippen LogP contribution in [0.25, 0.3) is 54.8 Å². The number of aliphatic hydroxyl groups excluding tert-OH is 1. The van der Waals surface area contributed by atoms with Crippen LogP contribution in [-0.4, -0.2) is 67.3 Å². The first-order chi connectivity index (χ1) is 23.5. The maximum absolute atomic E-state index is 16.2. The predicted molar refractivity (Wildman–Crippen MR) is 186 cm³/mol. The number of nitrogens with zero attached hydrogens (tertiary/aromatic N) is 5. The smallest absolute Gasteiger partial charge is 0.243 e. The van der Waals surface area contributed by atoms with Gasteiger partial charge in [0, 0.05) is 63.9 Å². The lowest BCUT2D eigenvalue weighted by atomic mass is 9.96. The van der Waals surface area contributed by atoms with Crippen molar-refractivity contribution in [2.75, 3.05) is 20.2 Å². The zero-order valence-corrected chi connectivity index (χ0v) is 28.2. The number of thiophene rings is 1. The topological polar surface area (TPSA) is 121 Å². The monoisotopic (exact) mass is 683 g/mol. The van der Waals surface area contributed by atoms with Gasteiger partial charge in [0.15, 0.2) is 0 Å². The fourth-order valence-electron chi connectivity index (χ4n) is 6.49. The molecule has 1 aliphatic heterocycles. The van der Waals surface area contributed by atoms with Crippen molar-refractivity contribution in [2.24, 2.45) is 13.0 Å². The van der Waals surface area contributed by atoms with Crippen LogP contribution in [-0.2, 0) is 11.8 Å². The molecule has 252 valence electrons. The summed E-state index contributed by atoms with van der Waals surface area (Å²) in [7, 11) is 3.72. The minimum Gasteiger partial charge on any atom is -0.492 e. The van der Waals surface area contributed by atoms with Crippen LogP contribution in [0.5, 0.6) is 5.75 Å². The van der Waals surface area contributed by atoms with Gasteiger partial charge in [-0.3, -0.25) is 19.5 Å². The highest BCUT2D eigenvalue weighted by Crippen LogP contribution is 2.47. The van der Waals surface area contributed by atoms with Crippen molar-refractivity contribution in [3.8, 4) is 39.5 Å². The molecule has 10 nitrogen and oxygen atoms in total. The quantitative estimate of drug-likeness (QED) is 0.149. The van der Waals surface area contributed by atoms with E-state index in [0.717, 1.165) is 33.6 Å². The molecule has 13 heteroatoms. The van der Waals surface area contributed by atoms with Gasteiger partial charge >= 0.3 is 0 Å². The van der Waals surface area contributed by atoms with E-state index in [4.69, 9.17) is 9.72 Å². The Morgan fingerprint density at radius 3 is 2.76 bits per heavy atom. The normalized spacial score (nSPS) is 17.2. The lowest BCUT2D eigenvalue weighted by Crippen LogP contribution is -2.24. The Bertz CT molecular complexity index is 2230. The number of likely N-dealkylation sites (tertiary alicyclic amines) is 1. The van der Waals surface area contributed by atoms with Crippen molar-refractivity contribution in [1.29, 1.82) is 0 Å². The highest BCUT2D eigenvalue weighted by molar-refractivity contribution is 7.18. The number of aromatic amines is 1. The fraction of sp³-hybridized carbons (Fsp3) is 0.278. The Kier molecular flexibility index (Phi) is 8.51. The number of aromatic nitrogens is 5. The Morgan fingerprint density at radius 1 is 1.18 bits per heavy atom. The van der Waals surface area contributed by atoms with Crippen LogP contribution in [0.3, 0.4) is 0 Å². The van der Waals surface area contributed by atoms with E-state index in [-0.39, 0.29) is 29.7 Å². The highest BCUT2D eigenvalue weighted by Gasteiger charge is 2.30. The number of benzene rings is 2. The van der Waals surface area contributed by atoms with Gasteiger partial charge in [-0.05, 0) is 57.0 Å². The zero-order valence-electron chi connectivity index (χ0n) is 27.4. The Labute approximate surface area is 285 Å². The number of aryl methyl sites for hydroxylation is 2. The number of rotatable bonds is 9. The molecule has 1 fully saturated rings. The van der Waals surface area contributed by atoms with Gasteiger partial charge < -0.3 is 15.2 Å². The van der Waals surface area contributed by atoms with Gasteiger partial charge in [-0.25, -0.2) is 13.8 Å². The molecule has 1 aliphatic rings. The lowest BCUT2D eigenvalue weighted by molar-refractivity contribution is -0.117. The first-order valence-electron chi connectivity index (χ1n) is 15.9. The van der Waals surface area contributed by atoms with Gasteiger partial charge in [0.1, 0.15) is 35.0 Å². The molecule has 7 rings (SSSR count). The number of hydrogen-bond donors (Lipinski definition) is 3. The van der Waals surface area contributed by atoms with Gasteiger partial charge in [-0.2, -0.15) is 10.2 Å². The minimum atomic E-state index is -0.808. The molecule has 0 spiro atoms. The molecule has 3 N–H and O–H groups in total. The van der Waals surface area contributed by atoms with Crippen molar-refractivity contribution in [3.05, 3.63) is 83.5 Å². The van der Waals surface area contributed by atoms with E-state index in [1.165, 1.54) is 23.5 Å². The Balaban J connectivity index is 1.43. The summed E-state index contributed by atoms with van der Waals surface area (Å²) in [5.74, 6) is -1.94. The number of aliphatic hydroxyl groups is 1. The van der Waals surface area contributed by atoms with Crippen LogP contribution < -0.4 is 10.1 Å². The third-order valence-corrected chi connectivity index (χ3v) is 10.1. The molecule has 4 aromatic heterocycles. The third kappa shape index (κ3) is 5.98. The van der Waals surface area contributed by atoms with Crippen molar-refractivity contribution in [3.63, 3.8) is 0 Å². The molecule has 6 aromatic rings. The standard InChI is InChI=1S/C36H35F2N7O3S/c1-6-30(46)39-18(2)26-15-28(42-41-26)35-33(32-25(38)13-22(37)14-29(32)48-17-20-11-31(47)44(4)16-20)36-24(9-10-49-36)34(40-35)21-7-8-23-19(3)45(5)43-27(23)12-21/h6-10,12-15,18,20,31,47H,1,11,16-17H2,2-5H3,(H,39,46)(H,41,42)/t18-,20-,31?/m1/s1. The highest BCUT2D eigenvalue weighted by atomic mass is 32.1. The van der Waals surface area contributed by atoms with Crippen molar-refractivity contribution in [1.82, 2.24) is 35.2 Å². The van der Waals surface area contributed by atoms with Crippen LogP contribution in [0.2, 0.25) is 0 Å². The average Bonchev–Trinajstić information content (AvgIpc) is 3.87. The number of amides is 1. The summed E-state index contributed by atoms with van der Waals surface area (Å²) in [6.07, 6.45) is 1.07. The number of H-pyrrole nitrogens is 1. The zero-order chi connectivity index (χ0) is 34.6. The van der Waals surface area contributed by atoms with Crippen LogP contribution >= 0.6 is 11.3 Å². The fourth-order valence-corrected chi connectivity index (χ4v) is 7.44. The number of carbonyl (C=O) groups is 1. The summed E-state index contributed by atoms with van der Waals surface area (Å²) in [5, 5.41) is 29.0. The second-order valence-electron chi connectivity index (χ2n) is 12.5. The number of hydrogen-bond acceptors (Lipinski definition) is 8. The molecular weight excluding hydrogens is 649 g/mol. The number of fused-ring (bicyclic) bond motifs is 2. The van der Waals surface area contributed by atoms with Crippen LogP contribution in [0, 0.1) is 24.5 Å². The van der Waals surface area contributed by atoms with E-state index in [0.29, 0.717) is 46.0 Å². The van der Waals surface area contributed by atoms with Gasteiger partial charge in [-0.1, -0.05) is 18.7 Å². The molecule has 0 bridgehead atoms. The number of pyridine rings is 1. The summed E-state index contributed by atoms with van der Waals surface area (Å²) >= 11 is 1.41. The van der Waals surface area contributed by atoms with Crippen LogP contribution in [0.15, 0.2) is 60.5 Å². The van der Waals surface area contributed by atoms with Gasteiger partial charge in [0.05, 0.1) is 35.1 Å². The van der Waals surface area contributed by atoms with E-state index < -0.39 is 23.9 Å². The molecule has 1 saturated heterocycles. The van der Waals surface area contributed by atoms with E-state index in [1.54, 1.807) is 13.0 Å². The van der Waals surface area contributed by atoms with Crippen LogP contribution in [0.4, 0.5) is 8.78 Å². The Hall–Kier alpha value is -4.98. The Morgan fingerprint density at radius 2 is 2.00 bits per heavy atom. The maximum atomic E-state index is 16.2. The van der Waals surface area contributed by atoms with Gasteiger partial charge in [0.2, 0.25) is 5.91 Å². The van der Waals surface area contributed by atoms with Crippen molar-refractivity contribution < 1.29 is 23.4 Å². The molecule has 49 heavy (non-hydrogen) atoms. The molecule has 1 unspecified atom stereocenters. The second-order valence-corrected chi connectivity index (χ2v) is 13.4. The number of ether oxygens (including phenoxy) is 1. The lowest BCUT2D eigenvalue weighted by Gasteiger charge is -2.19. The van der Waals surface area contributed by atoms with Gasteiger partial charge in [-0.15, -0.1) is 11.3 Å². The molecule has 2 aromatic carbocycles. The molecule has 3 atom stereocenters. The van der Waals surface area contributed by atoms with E-state index >= 15 is 4.39 Å². The third-order valence-electron chi connectivity index (χ3n) is 9.21. The summed E-state index contributed by atoms with van der Waals surface area (Å²) < 4.78 is 39.8. The number of nitrogens with one attached hydrogen (secondary N) is 2. The van der Waals surface area contributed by atoms with E-state index in [1.807, 2.05) is 60.2 Å². The van der Waals surface area contributed by atoms with E-state index in [2.05, 4.69) is 27.2 Å². The van der Waals surface area contributed by atoms with Crippen LogP contribution in [0.1, 0.15) is 30.8 Å². The molecule has 0 saturated carbocycles. The first-order valence-corrected chi connectivity index (χ1v) is 16.7. The molecule has 0 radical (unpaired) electrons. The predicted octanol–water partition coefficient (Wildman–Crippen LogP) is 6.51. The number of halogens is 2. The maximum Gasteiger partial charge on any atom is 0.243 e. The number of carbonyl (C=O) groups excluding carboxylic acids is 1. The summed E-state index contributed by atoms with van der Waals surface area (Å²) in [5.41, 5.74) is 5.09. The second kappa shape index (κ2) is 12.8. The van der Waals surface area contributed by atoms with Gasteiger partial charge in [0.25, 0.3) is 0 Å². The van der Waals surface area contributed by atoms with Crippen molar-refractivity contribution >= 4 is 38.2 Å². The largest absolute Gasteiger partial charge is 0.492 e. The minimum absolute atomic E-state index is 0.0276. The summed E-state index contributed by atoms with van der Waals surface area (Å²) in [4.78, 5) is 19.0. The average molecular weight is 684 g/mol. The molecule has 5 heterocycles. The van der Waals surface area contributed by atoms with Crippen molar-refractivity contribution in [2.45, 2.75) is 32.5 Å². The first kappa shape index (κ1) is 32.6.